The topological polar surface area (TPSA) is 64.1 Å². The van der Waals surface area contributed by atoms with E-state index in [2.05, 4.69) is 15.3 Å². The van der Waals surface area contributed by atoms with Crippen LogP contribution < -0.4 is 5.32 Å². The number of esters is 1. The highest BCUT2D eigenvalue weighted by Crippen LogP contribution is 2.05. The van der Waals surface area contributed by atoms with Crippen molar-refractivity contribution in [2.24, 2.45) is 0 Å². The molecule has 2 rings (SSSR count). The summed E-state index contributed by atoms with van der Waals surface area (Å²) in [6, 6.07) is 9.58. The molecule has 0 atom stereocenters. The summed E-state index contributed by atoms with van der Waals surface area (Å²) in [4.78, 5) is 19.7. The molecule has 0 fully saturated rings. The van der Waals surface area contributed by atoms with Crippen LogP contribution in [0, 0.1) is 6.92 Å². The van der Waals surface area contributed by atoms with Crippen molar-refractivity contribution in [3.8, 4) is 0 Å². The van der Waals surface area contributed by atoms with Gasteiger partial charge in [0, 0.05) is 12.4 Å². The zero-order chi connectivity index (χ0) is 14.2. The van der Waals surface area contributed by atoms with Crippen LogP contribution in [0.25, 0.3) is 0 Å². The average Bonchev–Trinajstić information content (AvgIpc) is 2.45. The van der Waals surface area contributed by atoms with Crippen LogP contribution in [-0.2, 0) is 16.0 Å². The predicted molar refractivity (Wildman–Crippen MR) is 76.4 cm³/mol. The van der Waals surface area contributed by atoms with Crippen molar-refractivity contribution in [3.05, 3.63) is 53.9 Å². The van der Waals surface area contributed by atoms with Crippen molar-refractivity contribution in [1.82, 2.24) is 9.97 Å². The van der Waals surface area contributed by atoms with Crippen molar-refractivity contribution in [1.29, 1.82) is 0 Å². The summed E-state index contributed by atoms with van der Waals surface area (Å²) in [5.74, 6) is 0.300. The second-order valence-electron chi connectivity index (χ2n) is 4.39. The maximum Gasteiger partial charge on any atom is 0.310 e. The number of aryl methyl sites for hydroxylation is 1. The Morgan fingerprint density at radius 1 is 1.25 bits per heavy atom. The lowest BCUT2D eigenvalue weighted by Gasteiger charge is -2.06. The van der Waals surface area contributed by atoms with E-state index in [1.807, 2.05) is 31.2 Å². The summed E-state index contributed by atoms with van der Waals surface area (Å²) in [5.41, 5.74) is 2.10. The fourth-order valence-electron chi connectivity index (χ4n) is 1.76. The molecule has 5 nitrogen and oxygen atoms in total. The van der Waals surface area contributed by atoms with Crippen molar-refractivity contribution >= 4 is 11.9 Å². The van der Waals surface area contributed by atoms with Crippen molar-refractivity contribution < 1.29 is 9.53 Å². The van der Waals surface area contributed by atoms with Gasteiger partial charge in [-0.2, -0.15) is 0 Å². The van der Waals surface area contributed by atoms with E-state index in [-0.39, 0.29) is 5.97 Å². The highest BCUT2D eigenvalue weighted by molar-refractivity contribution is 5.72. The molecule has 1 N–H and O–H groups in total. The van der Waals surface area contributed by atoms with Crippen molar-refractivity contribution in [2.45, 2.75) is 13.3 Å². The van der Waals surface area contributed by atoms with E-state index in [0.717, 1.165) is 11.1 Å². The SMILES string of the molecule is Cc1cccc(CC(=O)OCCNc2ncccn2)c1. The maximum atomic E-state index is 11.7. The lowest BCUT2D eigenvalue weighted by atomic mass is 10.1. The van der Waals surface area contributed by atoms with E-state index < -0.39 is 0 Å². The zero-order valence-corrected chi connectivity index (χ0v) is 11.4. The number of nitrogens with one attached hydrogen (secondary N) is 1. The van der Waals surface area contributed by atoms with Crippen LogP contribution in [-0.4, -0.2) is 29.1 Å². The molecule has 0 bridgehead atoms. The summed E-state index contributed by atoms with van der Waals surface area (Å²) in [5, 5.41) is 2.97. The Hall–Kier alpha value is -2.43. The first-order valence-electron chi connectivity index (χ1n) is 6.46. The number of aromatic nitrogens is 2. The molecule has 0 aliphatic rings. The van der Waals surface area contributed by atoms with Gasteiger partial charge >= 0.3 is 5.97 Å². The van der Waals surface area contributed by atoms with E-state index in [0.29, 0.717) is 25.5 Å². The van der Waals surface area contributed by atoms with E-state index in [4.69, 9.17) is 4.74 Å². The minimum absolute atomic E-state index is 0.230. The molecule has 1 aromatic heterocycles. The van der Waals surface area contributed by atoms with Gasteiger partial charge in [-0.3, -0.25) is 4.79 Å². The van der Waals surface area contributed by atoms with Crippen LogP contribution in [0.15, 0.2) is 42.7 Å². The molecule has 0 amide bonds. The molecule has 1 heterocycles. The van der Waals surface area contributed by atoms with Crippen molar-refractivity contribution in [3.63, 3.8) is 0 Å². The van der Waals surface area contributed by atoms with Gasteiger partial charge in [0.1, 0.15) is 6.61 Å². The fourth-order valence-corrected chi connectivity index (χ4v) is 1.76. The molecule has 104 valence electrons. The summed E-state index contributed by atoms with van der Waals surface area (Å²) in [7, 11) is 0. The summed E-state index contributed by atoms with van der Waals surface area (Å²) >= 11 is 0. The summed E-state index contributed by atoms with van der Waals surface area (Å²) in [6.07, 6.45) is 3.60. The summed E-state index contributed by atoms with van der Waals surface area (Å²) < 4.78 is 5.15. The molecule has 5 heteroatoms. The molecule has 0 unspecified atom stereocenters. The number of carbonyl (C=O) groups excluding carboxylic acids is 1. The van der Waals surface area contributed by atoms with Gasteiger partial charge < -0.3 is 10.1 Å². The van der Waals surface area contributed by atoms with Crippen LogP contribution in [0.2, 0.25) is 0 Å². The van der Waals surface area contributed by atoms with E-state index in [9.17, 15) is 4.79 Å². The zero-order valence-electron chi connectivity index (χ0n) is 11.4. The average molecular weight is 271 g/mol. The third-order valence-corrected chi connectivity index (χ3v) is 2.64. The molecule has 0 saturated heterocycles. The Bertz CT molecular complexity index is 558. The van der Waals surface area contributed by atoms with Crippen molar-refractivity contribution in [2.75, 3.05) is 18.5 Å². The van der Waals surface area contributed by atoms with E-state index in [1.165, 1.54) is 0 Å². The molecule has 0 aliphatic carbocycles. The quantitative estimate of drug-likeness (QED) is 0.643. The number of ether oxygens (including phenoxy) is 1. The second-order valence-corrected chi connectivity index (χ2v) is 4.39. The minimum atomic E-state index is -0.230. The second kappa shape index (κ2) is 7.23. The lowest BCUT2D eigenvalue weighted by molar-refractivity contribution is -0.142. The van der Waals surface area contributed by atoms with Gasteiger partial charge in [0.2, 0.25) is 5.95 Å². The Balaban J connectivity index is 1.68. The number of anilines is 1. The highest BCUT2D eigenvalue weighted by atomic mass is 16.5. The number of nitrogens with zero attached hydrogens (tertiary/aromatic N) is 2. The van der Waals surface area contributed by atoms with E-state index in [1.54, 1.807) is 18.5 Å². The van der Waals surface area contributed by atoms with Gasteiger partial charge in [-0.05, 0) is 18.6 Å². The molecule has 1 aromatic carbocycles. The lowest BCUT2D eigenvalue weighted by Crippen LogP contribution is -2.16. The first kappa shape index (κ1) is 14.0. The van der Waals surface area contributed by atoms with Crippen LogP contribution in [0.3, 0.4) is 0 Å². The van der Waals surface area contributed by atoms with Gasteiger partial charge in [-0.25, -0.2) is 9.97 Å². The molecular formula is C15H17N3O2. The predicted octanol–water partition coefficient (Wildman–Crippen LogP) is 1.98. The van der Waals surface area contributed by atoms with Crippen LogP contribution in [0.5, 0.6) is 0 Å². The highest BCUT2D eigenvalue weighted by Gasteiger charge is 2.04. The van der Waals surface area contributed by atoms with Gasteiger partial charge in [0.15, 0.2) is 0 Å². The molecule has 0 aliphatic heterocycles. The number of carbonyl (C=O) groups is 1. The molecule has 0 spiro atoms. The van der Waals surface area contributed by atoms with Crippen LogP contribution in [0.1, 0.15) is 11.1 Å². The smallest absolute Gasteiger partial charge is 0.310 e. The molecule has 0 radical (unpaired) electrons. The Morgan fingerprint density at radius 2 is 2.05 bits per heavy atom. The Labute approximate surface area is 118 Å². The third kappa shape index (κ3) is 4.68. The van der Waals surface area contributed by atoms with E-state index >= 15 is 0 Å². The van der Waals surface area contributed by atoms with Gasteiger partial charge in [-0.1, -0.05) is 29.8 Å². The largest absolute Gasteiger partial charge is 0.464 e. The number of hydrogen-bond acceptors (Lipinski definition) is 5. The molecule has 0 saturated carbocycles. The maximum absolute atomic E-state index is 11.7. The first-order chi connectivity index (χ1) is 9.74. The first-order valence-corrected chi connectivity index (χ1v) is 6.46. The number of benzene rings is 1. The van der Waals surface area contributed by atoms with Gasteiger partial charge in [0.25, 0.3) is 0 Å². The standard InChI is InChI=1S/C15H17N3O2/c1-12-4-2-5-13(10-12)11-14(19)20-9-8-18-15-16-6-3-7-17-15/h2-7,10H,8-9,11H2,1H3,(H,16,17,18). The summed E-state index contributed by atoms with van der Waals surface area (Å²) in [6.45, 7) is 2.78. The molecular weight excluding hydrogens is 254 g/mol. The molecule has 20 heavy (non-hydrogen) atoms. The Morgan fingerprint density at radius 3 is 2.80 bits per heavy atom. The third-order valence-electron chi connectivity index (χ3n) is 2.64. The van der Waals surface area contributed by atoms with Crippen LogP contribution in [0.4, 0.5) is 5.95 Å². The normalized spacial score (nSPS) is 10.1. The minimum Gasteiger partial charge on any atom is -0.464 e. The monoisotopic (exact) mass is 271 g/mol. The fraction of sp³-hybridized carbons (Fsp3) is 0.267. The van der Waals surface area contributed by atoms with Gasteiger partial charge in [0.05, 0.1) is 13.0 Å². The molecule has 2 aromatic rings. The number of hydrogen-bond donors (Lipinski definition) is 1. The van der Waals surface area contributed by atoms with Crippen LogP contribution >= 0.6 is 0 Å². The van der Waals surface area contributed by atoms with Gasteiger partial charge in [-0.15, -0.1) is 0 Å². The number of rotatable bonds is 6. The Kier molecular flexibility index (Phi) is 5.06.